The van der Waals surface area contributed by atoms with Gasteiger partial charge in [0.1, 0.15) is 0 Å². The predicted molar refractivity (Wildman–Crippen MR) is 99.1 cm³/mol. The van der Waals surface area contributed by atoms with E-state index in [0.29, 0.717) is 11.7 Å². The summed E-state index contributed by atoms with van der Waals surface area (Å²) in [6.45, 7) is 2.00. The highest BCUT2D eigenvalue weighted by Crippen LogP contribution is 2.21. The molecule has 0 unspecified atom stereocenters. The van der Waals surface area contributed by atoms with Gasteiger partial charge < -0.3 is 9.26 Å². The summed E-state index contributed by atoms with van der Waals surface area (Å²) in [5.41, 5.74) is 1.99. The number of esters is 1. The van der Waals surface area contributed by atoms with Gasteiger partial charge in [0.2, 0.25) is 5.82 Å². The lowest BCUT2D eigenvalue weighted by Crippen LogP contribution is -2.08. The molecular formula is C18H15BrN2O3S. The Morgan fingerprint density at radius 1 is 1.16 bits per heavy atom. The Labute approximate surface area is 157 Å². The highest BCUT2D eigenvalue weighted by atomic mass is 79.9. The fourth-order valence-corrected chi connectivity index (χ4v) is 2.95. The molecule has 0 saturated heterocycles. The van der Waals surface area contributed by atoms with Crippen LogP contribution in [-0.4, -0.2) is 21.9 Å². The van der Waals surface area contributed by atoms with E-state index in [1.165, 1.54) is 11.8 Å². The third-order valence-electron chi connectivity index (χ3n) is 3.30. The molecule has 3 rings (SSSR count). The molecule has 2 aromatic carbocycles. The summed E-state index contributed by atoms with van der Waals surface area (Å²) in [5, 5.41) is 3.84. The second-order valence-electron chi connectivity index (χ2n) is 5.29. The molecule has 1 heterocycles. The number of halogens is 1. The Morgan fingerprint density at radius 2 is 1.88 bits per heavy atom. The SMILES string of the molecule is Cc1ccc(-c2nc(COC(=O)CSc3ccc(Br)cc3)no2)cc1. The first-order valence-electron chi connectivity index (χ1n) is 7.54. The van der Waals surface area contributed by atoms with E-state index in [1.54, 1.807) is 0 Å². The number of rotatable bonds is 6. The first-order valence-corrected chi connectivity index (χ1v) is 9.31. The molecule has 0 aliphatic carbocycles. The lowest BCUT2D eigenvalue weighted by molar-refractivity contribution is -0.141. The van der Waals surface area contributed by atoms with Gasteiger partial charge >= 0.3 is 5.97 Å². The smallest absolute Gasteiger partial charge is 0.316 e. The van der Waals surface area contributed by atoms with Crippen molar-refractivity contribution < 1.29 is 14.1 Å². The van der Waals surface area contributed by atoms with E-state index in [4.69, 9.17) is 9.26 Å². The normalized spacial score (nSPS) is 10.6. The summed E-state index contributed by atoms with van der Waals surface area (Å²) in [6.07, 6.45) is 0. The van der Waals surface area contributed by atoms with Crippen molar-refractivity contribution in [3.63, 3.8) is 0 Å². The van der Waals surface area contributed by atoms with Gasteiger partial charge in [-0.2, -0.15) is 4.98 Å². The molecule has 0 atom stereocenters. The molecule has 0 bridgehead atoms. The third kappa shape index (κ3) is 5.17. The van der Waals surface area contributed by atoms with Crippen molar-refractivity contribution in [1.82, 2.24) is 10.1 Å². The van der Waals surface area contributed by atoms with Crippen LogP contribution in [0.5, 0.6) is 0 Å². The number of hydrogen-bond acceptors (Lipinski definition) is 6. The topological polar surface area (TPSA) is 65.2 Å². The third-order valence-corrected chi connectivity index (χ3v) is 4.81. The zero-order valence-electron chi connectivity index (χ0n) is 13.4. The number of thioether (sulfide) groups is 1. The lowest BCUT2D eigenvalue weighted by Gasteiger charge is -2.02. The molecule has 128 valence electrons. The molecule has 3 aromatic rings. The molecule has 0 aliphatic rings. The number of carbonyl (C=O) groups excluding carboxylic acids is 1. The monoisotopic (exact) mass is 418 g/mol. The first-order chi connectivity index (χ1) is 12.1. The van der Waals surface area contributed by atoms with Crippen LogP contribution in [0.4, 0.5) is 0 Å². The van der Waals surface area contributed by atoms with Crippen LogP contribution in [0.25, 0.3) is 11.5 Å². The van der Waals surface area contributed by atoms with E-state index in [9.17, 15) is 4.79 Å². The summed E-state index contributed by atoms with van der Waals surface area (Å²) in [7, 11) is 0. The van der Waals surface area contributed by atoms with Crippen LogP contribution in [0, 0.1) is 6.92 Å². The minimum absolute atomic E-state index is 0.00487. The molecule has 25 heavy (non-hydrogen) atoms. The number of benzene rings is 2. The molecule has 5 nitrogen and oxygen atoms in total. The van der Waals surface area contributed by atoms with E-state index in [0.717, 1.165) is 20.5 Å². The fourth-order valence-electron chi connectivity index (χ4n) is 1.99. The maximum atomic E-state index is 11.8. The number of hydrogen-bond donors (Lipinski definition) is 0. The highest BCUT2D eigenvalue weighted by molar-refractivity contribution is 9.10. The maximum absolute atomic E-state index is 11.8. The number of ether oxygens (including phenoxy) is 1. The first kappa shape index (κ1) is 17.7. The van der Waals surface area contributed by atoms with Crippen molar-refractivity contribution >= 4 is 33.7 Å². The number of nitrogens with zero attached hydrogens (tertiary/aromatic N) is 2. The molecule has 0 saturated carbocycles. The van der Waals surface area contributed by atoms with Gasteiger partial charge in [0.15, 0.2) is 6.61 Å². The molecule has 0 aliphatic heterocycles. The fraction of sp³-hybridized carbons (Fsp3) is 0.167. The molecular weight excluding hydrogens is 404 g/mol. The molecule has 0 amide bonds. The van der Waals surface area contributed by atoms with Gasteiger partial charge in [0.25, 0.3) is 5.89 Å². The van der Waals surface area contributed by atoms with Crippen molar-refractivity contribution in [3.05, 3.63) is 64.4 Å². The average molecular weight is 419 g/mol. The van der Waals surface area contributed by atoms with Gasteiger partial charge in [-0.3, -0.25) is 4.79 Å². The number of carbonyl (C=O) groups is 1. The molecule has 1 aromatic heterocycles. The van der Waals surface area contributed by atoms with Gasteiger partial charge in [-0.25, -0.2) is 0 Å². The standard InChI is InChI=1S/C18H15BrN2O3S/c1-12-2-4-13(5-3-12)18-20-16(21-24-18)10-23-17(22)11-25-15-8-6-14(19)7-9-15/h2-9H,10-11H2,1H3. The van der Waals surface area contributed by atoms with E-state index in [1.807, 2.05) is 55.5 Å². The Morgan fingerprint density at radius 3 is 2.60 bits per heavy atom. The maximum Gasteiger partial charge on any atom is 0.316 e. The number of aryl methyl sites for hydroxylation is 1. The van der Waals surface area contributed by atoms with E-state index in [2.05, 4.69) is 26.1 Å². The summed E-state index contributed by atoms with van der Waals surface area (Å²) >= 11 is 4.79. The van der Waals surface area contributed by atoms with Crippen LogP contribution in [-0.2, 0) is 16.1 Å². The summed E-state index contributed by atoms with van der Waals surface area (Å²) in [4.78, 5) is 17.1. The van der Waals surface area contributed by atoms with E-state index < -0.39 is 0 Å². The minimum Gasteiger partial charge on any atom is -0.457 e. The highest BCUT2D eigenvalue weighted by Gasteiger charge is 2.11. The van der Waals surface area contributed by atoms with Crippen LogP contribution in [0.2, 0.25) is 0 Å². The van der Waals surface area contributed by atoms with Crippen LogP contribution >= 0.6 is 27.7 Å². The molecule has 7 heteroatoms. The van der Waals surface area contributed by atoms with Crippen molar-refractivity contribution in [2.75, 3.05) is 5.75 Å². The van der Waals surface area contributed by atoms with Crippen LogP contribution in [0.1, 0.15) is 11.4 Å². The van der Waals surface area contributed by atoms with Gasteiger partial charge in [0, 0.05) is 14.9 Å². The summed E-state index contributed by atoms with van der Waals surface area (Å²) in [6, 6.07) is 15.5. The van der Waals surface area contributed by atoms with Gasteiger partial charge in [-0.1, -0.05) is 38.8 Å². The second-order valence-corrected chi connectivity index (χ2v) is 7.25. The van der Waals surface area contributed by atoms with Crippen LogP contribution in [0.3, 0.4) is 0 Å². The Bertz CT molecular complexity index is 848. The summed E-state index contributed by atoms with van der Waals surface area (Å²) < 4.78 is 11.4. The van der Waals surface area contributed by atoms with Gasteiger partial charge in [-0.15, -0.1) is 11.8 Å². The zero-order chi connectivity index (χ0) is 17.6. The van der Waals surface area contributed by atoms with Crippen LogP contribution in [0.15, 0.2) is 62.4 Å². The van der Waals surface area contributed by atoms with Crippen molar-refractivity contribution in [1.29, 1.82) is 0 Å². The Hall–Kier alpha value is -2.12. The predicted octanol–water partition coefficient (Wildman–Crippen LogP) is 4.64. The largest absolute Gasteiger partial charge is 0.457 e. The van der Waals surface area contributed by atoms with Crippen molar-refractivity contribution in [2.24, 2.45) is 0 Å². The lowest BCUT2D eigenvalue weighted by atomic mass is 10.1. The Kier molecular flexibility index (Phi) is 5.88. The molecule has 0 spiro atoms. The van der Waals surface area contributed by atoms with Gasteiger partial charge in [-0.05, 0) is 43.3 Å². The molecule has 0 radical (unpaired) electrons. The molecule has 0 N–H and O–H groups in total. The Balaban J connectivity index is 1.49. The summed E-state index contributed by atoms with van der Waals surface area (Å²) in [5.74, 6) is 0.659. The molecule has 0 fully saturated rings. The minimum atomic E-state index is -0.324. The second kappa shape index (κ2) is 8.31. The quantitative estimate of drug-likeness (QED) is 0.428. The van der Waals surface area contributed by atoms with Crippen LogP contribution < -0.4 is 0 Å². The number of aromatic nitrogens is 2. The zero-order valence-corrected chi connectivity index (χ0v) is 15.8. The van der Waals surface area contributed by atoms with Crippen molar-refractivity contribution in [3.8, 4) is 11.5 Å². The van der Waals surface area contributed by atoms with E-state index >= 15 is 0 Å². The van der Waals surface area contributed by atoms with E-state index in [-0.39, 0.29) is 18.3 Å². The van der Waals surface area contributed by atoms with Gasteiger partial charge in [0.05, 0.1) is 5.75 Å². The van der Waals surface area contributed by atoms with Crippen molar-refractivity contribution in [2.45, 2.75) is 18.4 Å². The average Bonchev–Trinajstić information content (AvgIpc) is 3.09.